The topological polar surface area (TPSA) is 59.4 Å². The van der Waals surface area contributed by atoms with Crippen LogP contribution in [0, 0.1) is 0 Å². The summed E-state index contributed by atoms with van der Waals surface area (Å²) >= 11 is 5.92. The van der Waals surface area contributed by atoms with Crippen molar-refractivity contribution in [2.45, 2.75) is 6.61 Å². The predicted octanol–water partition coefficient (Wildman–Crippen LogP) is 3.01. The third kappa shape index (κ3) is 2.78. The van der Waals surface area contributed by atoms with E-state index < -0.39 is 5.97 Å². The first kappa shape index (κ1) is 12.4. The minimum atomic E-state index is -1.13. The van der Waals surface area contributed by atoms with Crippen LogP contribution >= 0.6 is 11.6 Å². The Hall–Kier alpha value is -2.07. The number of carbonyl (C=O) groups is 1. The Morgan fingerprint density at radius 1 is 1.28 bits per heavy atom. The summed E-state index contributed by atoms with van der Waals surface area (Å²) in [5.74, 6) is -0.863. The second-order valence-corrected chi connectivity index (χ2v) is 3.96. The van der Waals surface area contributed by atoms with Gasteiger partial charge in [-0.25, -0.2) is 4.79 Å². The lowest BCUT2D eigenvalue weighted by atomic mass is 10.2. The van der Waals surface area contributed by atoms with Crippen molar-refractivity contribution in [1.29, 1.82) is 0 Å². The summed E-state index contributed by atoms with van der Waals surface area (Å²) in [6.45, 7) is 0.311. The second-order valence-electron chi connectivity index (χ2n) is 3.58. The van der Waals surface area contributed by atoms with Crippen LogP contribution in [0.5, 0.6) is 5.75 Å². The van der Waals surface area contributed by atoms with Crippen LogP contribution in [0.25, 0.3) is 0 Å². The molecular weight excluding hydrogens is 254 g/mol. The van der Waals surface area contributed by atoms with Crippen LogP contribution in [0.4, 0.5) is 0 Å². The first-order chi connectivity index (χ1) is 8.68. The average Bonchev–Trinajstić information content (AvgIpc) is 2.38. The number of halogens is 1. The maximum Gasteiger partial charge on any atom is 0.338 e. The van der Waals surface area contributed by atoms with Crippen molar-refractivity contribution >= 4 is 17.6 Å². The maximum atomic E-state index is 10.9. The zero-order valence-electron chi connectivity index (χ0n) is 9.34. The third-order valence-electron chi connectivity index (χ3n) is 2.32. The van der Waals surface area contributed by atoms with Gasteiger partial charge in [0.1, 0.15) is 17.2 Å². The fraction of sp³-hybridized carbons (Fsp3) is 0.0769. The quantitative estimate of drug-likeness (QED) is 0.921. The van der Waals surface area contributed by atoms with Gasteiger partial charge in [0.05, 0.1) is 6.20 Å². The molecule has 1 heterocycles. The van der Waals surface area contributed by atoms with Gasteiger partial charge in [0, 0.05) is 6.20 Å². The van der Waals surface area contributed by atoms with Gasteiger partial charge in [-0.15, -0.1) is 0 Å². The van der Waals surface area contributed by atoms with Crippen molar-refractivity contribution in [2.75, 3.05) is 0 Å². The smallest absolute Gasteiger partial charge is 0.338 e. The van der Waals surface area contributed by atoms with Gasteiger partial charge < -0.3 is 9.84 Å². The molecule has 92 valence electrons. The summed E-state index contributed by atoms with van der Waals surface area (Å²) in [5.41, 5.74) is 0.900. The molecule has 0 aliphatic rings. The molecule has 2 aromatic rings. The highest BCUT2D eigenvalue weighted by Gasteiger charge is 2.13. The fourth-order valence-corrected chi connectivity index (χ4v) is 1.64. The summed E-state index contributed by atoms with van der Waals surface area (Å²) in [4.78, 5) is 14.7. The van der Waals surface area contributed by atoms with E-state index in [0.717, 1.165) is 5.56 Å². The molecule has 0 saturated heterocycles. The van der Waals surface area contributed by atoms with E-state index in [4.69, 9.17) is 21.4 Å². The maximum absolute atomic E-state index is 10.9. The van der Waals surface area contributed by atoms with Gasteiger partial charge in [-0.1, -0.05) is 41.9 Å². The summed E-state index contributed by atoms with van der Waals surface area (Å²) < 4.78 is 5.46. The van der Waals surface area contributed by atoms with Gasteiger partial charge >= 0.3 is 5.97 Å². The number of rotatable bonds is 4. The van der Waals surface area contributed by atoms with Crippen LogP contribution in [0.1, 0.15) is 15.9 Å². The predicted molar refractivity (Wildman–Crippen MR) is 67.0 cm³/mol. The molecule has 0 atom stereocenters. The molecule has 0 radical (unpaired) electrons. The number of hydrogen-bond donors (Lipinski definition) is 1. The summed E-state index contributed by atoms with van der Waals surface area (Å²) in [7, 11) is 0. The Morgan fingerprint density at radius 3 is 2.67 bits per heavy atom. The standard InChI is InChI=1S/C13H10ClNO3/c14-12-10(13(16)17)6-15-7-11(12)18-8-9-4-2-1-3-5-9/h1-7H,8H2,(H,16,17). The Kier molecular flexibility index (Phi) is 3.79. The molecule has 0 bridgehead atoms. The molecule has 1 aromatic heterocycles. The van der Waals surface area contributed by atoms with Crippen LogP contribution in [0.2, 0.25) is 5.02 Å². The molecule has 0 saturated carbocycles. The van der Waals surface area contributed by atoms with Gasteiger partial charge in [0.25, 0.3) is 0 Å². The van der Waals surface area contributed by atoms with Crippen molar-refractivity contribution in [2.24, 2.45) is 0 Å². The summed E-state index contributed by atoms with van der Waals surface area (Å²) in [5, 5.41) is 8.96. The molecule has 2 rings (SSSR count). The molecule has 5 heteroatoms. The largest absolute Gasteiger partial charge is 0.486 e. The SMILES string of the molecule is O=C(O)c1cncc(OCc2ccccc2)c1Cl. The highest BCUT2D eigenvalue weighted by Crippen LogP contribution is 2.27. The monoisotopic (exact) mass is 263 g/mol. The first-order valence-corrected chi connectivity index (χ1v) is 5.60. The van der Waals surface area contributed by atoms with E-state index in [9.17, 15) is 4.79 Å². The van der Waals surface area contributed by atoms with Gasteiger partial charge in [0.2, 0.25) is 0 Å². The average molecular weight is 264 g/mol. The molecule has 0 spiro atoms. The Labute approximate surface area is 109 Å². The van der Waals surface area contributed by atoms with Crippen molar-refractivity contribution in [1.82, 2.24) is 4.98 Å². The van der Waals surface area contributed by atoms with E-state index in [1.54, 1.807) is 0 Å². The minimum Gasteiger partial charge on any atom is -0.486 e. The molecule has 0 fully saturated rings. The molecule has 1 aromatic carbocycles. The molecule has 0 aliphatic carbocycles. The normalized spacial score (nSPS) is 10.1. The van der Waals surface area contributed by atoms with E-state index in [1.165, 1.54) is 12.4 Å². The molecule has 4 nitrogen and oxygen atoms in total. The first-order valence-electron chi connectivity index (χ1n) is 5.22. The number of benzene rings is 1. The molecule has 18 heavy (non-hydrogen) atoms. The highest BCUT2D eigenvalue weighted by atomic mass is 35.5. The van der Waals surface area contributed by atoms with Crippen molar-refractivity contribution in [3.8, 4) is 5.75 Å². The van der Waals surface area contributed by atoms with Crippen LogP contribution in [-0.4, -0.2) is 16.1 Å². The van der Waals surface area contributed by atoms with Gasteiger partial charge in [-0.3, -0.25) is 4.98 Å². The fourth-order valence-electron chi connectivity index (χ4n) is 1.41. The minimum absolute atomic E-state index is 0.0634. The number of aromatic carboxylic acids is 1. The Morgan fingerprint density at radius 2 is 2.00 bits per heavy atom. The number of hydrogen-bond acceptors (Lipinski definition) is 3. The number of pyridine rings is 1. The zero-order valence-corrected chi connectivity index (χ0v) is 10.1. The van der Waals surface area contributed by atoms with Crippen molar-refractivity contribution in [3.05, 3.63) is 58.9 Å². The number of ether oxygens (including phenoxy) is 1. The van der Waals surface area contributed by atoms with E-state index >= 15 is 0 Å². The van der Waals surface area contributed by atoms with E-state index in [-0.39, 0.29) is 16.3 Å². The lowest BCUT2D eigenvalue weighted by Gasteiger charge is -2.08. The third-order valence-corrected chi connectivity index (χ3v) is 2.71. The number of carboxylic acid groups (broad SMARTS) is 1. The number of carboxylic acids is 1. The number of nitrogens with zero attached hydrogens (tertiary/aromatic N) is 1. The van der Waals surface area contributed by atoms with Crippen LogP contribution in [-0.2, 0) is 6.61 Å². The molecule has 1 N–H and O–H groups in total. The van der Waals surface area contributed by atoms with E-state index in [0.29, 0.717) is 6.61 Å². The highest BCUT2D eigenvalue weighted by molar-refractivity contribution is 6.34. The Bertz CT molecular complexity index is 557. The van der Waals surface area contributed by atoms with E-state index in [2.05, 4.69) is 4.98 Å². The van der Waals surface area contributed by atoms with Crippen LogP contribution in [0.15, 0.2) is 42.7 Å². The van der Waals surface area contributed by atoms with Crippen LogP contribution in [0.3, 0.4) is 0 Å². The van der Waals surface area contributed by atoms with Crippen LogP contribution < -0.4 is 4.74 Å². The molecule has 0 amide bonds. The molecular formula is C13H10ClNO3. The lowest BCUT2D eigenvalue weighted by molar-refractivity contribution is 0.0696. The van der Waals surface area contributed by atoms with E-state index in [1.807, 2.05) is 30.3 Å². The lowest BCUT2D eigenvalue weighted by Crippen LogP contribution is -2.02. The molecule has 0 aliphatic heterocycles. The van der Waals surface area contributed by atoms with Gasteiger partial charge in [-0.05, 0) is 5.56 Å². The zero-order chi connectivity index (χ0) is 13.0. The Balaban J connectivity index is 2.15. The second kappa shape index (κ2) is 5.51. The van der Waals surface area contributed by atoms with Gasteiger partial charge in [0.15, 0.2) is 5.75 Å². The summed E-state index contributed by atoms with van der Waals surface area (Å²) in [6.07, 6.45) is 2.59. The van der Waals surface area contributed by atoms with Crippen molar-refractivity contribution < 1.29 is 14.6 Å². The van der Waals surface area contributed by atoms with Crippen molar-refractivity contribution in [3.63, 3.8) is 0 Å². The van der Waals surface area contributed by atoms with Gasteiger partial charge in [-0.2, -0.15) is 0 Å². The summed E-state index contributed by atoms with van der Waals surface area (Å²) in [6, 6.07) is 9.51. The molecule has 0 unspecified atom stereocenters. The number of aromatic nitrogens is 1.